The Kier molecular flexibility index (Phi) is 3.70. The Morgan fingerprint density at radius 3 is 2.95 bits per heavy atom. The molecule has 4 heteroatoms. The lowest BCUT2D eigenvalue weighted by molar-refractivity contribution is 0.415. The number of nitrogens with zero attached hydrogens (tertiary/aromatic N) is 2. The molecule has 0 aliphatic carbocycles. The average Bonchev–Trinajstić information content (AvgIpc) is 2.49. The number of methoxy groups -OCH3 is 1. The van der Waals surface area contributed by atoms with Crippen LogP contribution in [0.4, 0.5) is 5.82 Å². The van der Waals surface area contributed by atoms with Crippen LogP contribution in [0.1, 0.15) is 13.3 Å². The maximum Gasteiger partial charge on any atom is 0.136 e. The van der Waals surface area contributed by atoms with E-state index >= 15 is 0 Å². The van der Waals surface area contributed by atoms with Crippen LogP contribution in [0.25, 0.3) is 10.8 Å². The van der Waals surface area contributed by atoms with Crippen LogP contribution in [0.5, 0.6) is 5.75 Å². The van der Waals surface area contributed by atoms with Crippen LogP contribution in [0.15, 0.2) is 30.5 Å². The minimum atomic E-state index is 0.186. The molecule has 1 aromatic heterocycles. The fourth-order valence-corrected chi connectivity index (χ4v) is 3.02. The summed E-state index contributed by atoms with van der Waals surface area (Å²) in [5.41, 5.74) is 0. The van der Waals surface area contributed by atoms with Crippen LogP contribution in [0.2, 0.25) is 0 Å². The third kappa shape index (κ3) is 2.42. The van der Waals surface area contributed by atoms with Crippen LogP contribution >= 0.6 is 11.6 Å². The average molecular weight is 291 g/mol. The number of ether oxygens (including phenoxy) is 1. The summed E-state index contributed by atoms with van der Waals surface area (Å²) in [5, 5.41) is 2.50. The Morgan fingerprint density at radius 2 is 2.20 bits per heavy atom. The lowest BCUT2D eigenvalue weighted by Crippen LogP contribution is -2.40. The Labute approximate surface area is 124 Å². The molecule has 20 heavy (non-hydrogen) atoms. The van der Waals surface area contributed by atoms with E-state index in [4.69, 9.17) is 16.3 Å². The zero-order valence-electron chi connectivity index (χ0n) is 11.8. The second kappa shape index (κ2) is 5.49. The van der Waals surface area contributed by atoms with E-state index in [-0.39, 0.29) is 5.38 Å². The summed E-state index contributed by atoms with van der Waals surface area (Å²) in [6, 6.07) is 8.14. The molecular formula is C16H19ClN2O. The van der Waals surface area contributed by atoms with Gasteiger partial charge in [0.05, 0.1) is 12.5 Å². The monoisotopic (exact) mass is 290 g/mol. The van der Waals surface area contributed by atoms with Crippen LogP contribution in [0.3, 0.4) is 0 Å². The quantitative estimate of drug-likeness (QED) is 0.789. The fourth-order valence-electron chi connectivity index (χ4n) is 2.73. The van der Waals surface area contributed by atoms with E-state index in [0.29, 0.717) is 5.92 Å². The standard InChI is InChI=1S/C16H19ClN2O/c1-11-6-8-19(10-15(11)17)16-14-9-13(20-2)4-3-12(14)5-7-18-16/h3-5,7,9,11,15H,6,8,10H2,1-2H3. The highest BCUT2D eigenvalue weighted by atomic mass is 35.5. The smallest absolute Gasteiger partial charge is 0.136 e. The van der Waals surface area contributed by atoms with Crippen molar-refractivity contribution in [2.75, 3.05) is 25.1 Å². The van der Waals surface area contributed by atoms with Gasteiger partial charge in [-0.2, -0.15) is 0 Å². The number of aromatic nitrogens is 1. The largest absolute Gasteiger partial charge is 0.497 e. The Bertz CT molecular complexity index is 616. The van der Waals surface area contributed by atoms with Crippen molar-refractivity contribution < 1.29 is 4.74 Å². The lowest BCUT2D eigenvalue weighted by atomic mass is 9.98. The molecule has 2 heterocycles. The van der Waals surface area contributed by atoms with Gasteiger partial charge in [0.15, 0.2) is 0 Å². The third-order valence-corrected chi connectivity index (χ3v) is 4.69. The van der Waals surface area contributed by atoms with Gasteiger partial charge in [-0.1, -0.05) is 13.0 Å². The molecule has 2 atom stereocenters. The Balaban J connectivity index is 2.02. The van der Waals surface area contributed by atoms with E-state index < -0.39 is 0 Å². The minimum Gasteiger partial charge on any atom is -0.497 e. The normalized spacial score (nSPS) is 23.1. The molecule has 2 unspecified atom stereocenters. The molecule has 0 spiro atoms. The molecule has 0 saturated carbocycles. The van der Waals surface area contributed by atoms with Crippen LogP contribution in [0, 0.1) is 5.92 Å². The molecule has 3 rings (SSSR count). The van der Waals surface area contributed by atoms with Gasteiger partial charge in [0.1, 0.15) is 11.6 Å². The van der Waals surface area contributed by atoms with E-state index in [0.717, 1.165) is 36.5 Å². The van der Waals surface area contributed by atoms with Gasteiger partial charge in [-0.3, -0.25) is 0 Å². The zero-order valence-corrected chi connectivity index (χ0v) is 12.6. The van der Waals surface area contributed by atoms with Gasteiger partial charge in [0, 0.05) is 24.7 Å². The number of hydrogen-bond donors (Lipinski definition) is 0. The summed E-state index contributed by atoms with van der Waals surface area (Å²) in [5.74, 6) is 2.44. The molecule has 2 aromatic rings. The van der Waals surface area contributed by atoms with Crippen LogP contribution in [-0.4, -0.2) is 30.6 Å². The predicted molar refractivity (Wildman–Crippen MR) is 83.9 cm³/mol. The number of hydrogen-bond acceptors (Lipinski definition) is 3. The fraction of sp³-hybridized carbons (Fsp3) is 0.438. The van der Waals surface area contributed by atoms with E-state index in [1.54, 1.807) is 7.11 Å². The first kappa shape index (κ1) is 13.5. The first-order valence-electron chi connectivity index (χ1n) is 7.01. The van der Waals surface area contributed by atoms with Gasteiger partial charge in [0.2, 0.25) is 0 Å². The summed E-state index contributed by atoms with van der Waals surface area (Å²) in [6.07, 6.45) is 2.97. The number of pyridine rings is 1. The van der Waals surface area contributed by atoms with Gasteiger partial charge in [0.25, 0.3) is 0 Å². The molecule has 1 fully saturated rings. The molecule has 0 radical (unpaired) electrons. The summed E-state index contributed by atoms with van der Waals surface area (Å²) >= 11 is 6.43. The highest BCUT2D eigenvalue weighted by Crippen LogP contribution is 2.31. The highest BCUT2D eigenvalue weighted by Gasteiger charge is 2.26. The van der Waals surface area contributed by atoms with Gasteiger partial charge >= 0.3 is 0 Å². The molecular weight excluding hydrogens is 272 g/mol. The number of alkyl halides is 1. The lowest BCUT2D eigenvalue weighted by Gasteiger charge is -2.35. The van der Waals surface area contributed by atoms with Gasteiger partial charge < -0.3 is 9.64 Å². The molecule has 1 aromatic carbocycles. The van der Waals surface area contributed by atoms with Crippen molar-refractivity contribution in [1.29, 1.82) is 0 Å². The molecule has 1 aliphatic rings. The third-order valence-electron chi connectivity index (χ3n) is 4.12. The van der Waals surface area contributed by atoms with Crippen LogP contribution < -0.4 is 9.64 Å². The SMILES string of the molecule is COc1ccc2ccnc(N3CCC(C)C(Cl)C3)c2c1. The summed E-state index contributed by atoms with van der Waals surface area (Å²) in [4.78, 5) is 6.87. The van der Waals surface area contributed by atoms with Crippen LogP contribution in [-0.2, 0) is 0 Å². The number of anilines is 1. The summed E-state index contributed by atoms with van der Waals surface area (Å²) in [6.45, 7) is 4.08. The molecule has 3 nitrogen and oxygen atoms in total. The van der Waals surface area contributed by atoms with Gasteiger partial charge in [-0.05, 0) is 35.9 Å². The first-order chi connectivity index (χ1) is 9.69. The van der Waals surface area contributed by atoms with E-state index in [9.17, 15) is 0 Å². The first-order valence-corrected chi connectivity index (χ1v) is 7.44. The molecule has 1 aliphatic heterocycles. The van der Waals surface area contributed by atoms with Crippen molar-refractivity contribution in [3.05, 3.63) is 30.5 Å². The number of fused-ring (bicyclic) bond motifs is 1. The van der Waals surface area contributed by atoms with Crippen molar-refractivity contribution in [3.8, 4) is 5.75 Å². The van der Waals surface area contributed by atoms with E-state index in [1.807, 2.05) is 18.3 Å². The number of halogens is 1. The molecule has 1 saturated heterocycles. The molecule has 0 bridgehead atoms. The van der Waals surface area contributed by atoms with Crippen molar-refractivity contribution in [2.24, 2.45) is 5.92 Å². The van der Waals surface area contributed by atoms with Crippen molar-refractivity contribution in [1.82, 2.24) is 4.98 Å². The van der Waals surface area contributed by atoms with E-state index in [2.05, 4.69) is 28.9 Å². The molecule has 0 N–H and O–H groups in total. The molecule has 106 valence electrons. The number of rotatable bonds is 2. The van der Waals surface area contributed by atoms with Gasteiger partial charge in [-0.15, -0.1) is 11.6 Å². The highest BCUT2D eigenvalue weighted by molar-refractivity contribution is 6.21. The van der Waals surface area contributed by atoms with Crippen molar-refractivity contribution in [3.63, 3.8) is 0 Å². The summed E-state index contributed by atoms with van der Waals surface area (Å²) in [7, 11) is 1.69. The summed E-state index contributed by atoms with van der Waals surface area (Å²) < 4.78 is 5.33. The Morgan fingerprint density at radius 1 is 1.35 bits per heavy atom. The topological polar surface area (TPSA) is 25.4 Å². The number of benzene rings is 1. The number of piperidine rings is 1. The second-order valence-corrected chi connectivity index (χ2v) is 6.01. The minimum absolute atomic E-state index is 0.186. The van der Waals surface area contributed by atoms with E-state index in [1.165, 1.54) is 5.39 Å². The zero-order chi connectivity index (χ0) is 14.1. The van der Waals surface area contributed by atoms with Crippen molar-refractivity contribution in [2.45, 2.75) is 18.7 Å². The van der Waals surface area contributed by atoms with Crippen molar-refractivity contribution >= 4 is 28.2 Å². The maximum atomic E-state index is 6.43. The van der Waals surface area contributed by atoms with Gasteiger partial charge in [-0.25, -0.2) is 4.98 Å². The predicted octanol–water partition coefficient (Wildman–Crippen LogP) is 3.70. The molecule has 0 amide bonds. The maximum absolute atomic E-state index is 6.43. The Hall–Kier alpha value is -1.48. The second-order valence-electron chi connectivity index (χ2n) is 5.45.